The highest BCUT2D eigenvalue weighted by Gasteiger charge is 2.21. The van der Waals surface area contributed by atoms with Crippen molar-refractivity contribution in [1.82, 2.24) is 15.0 Å². The van der Waals surface area contributed by atoms with Crippen LogP contribution >= 0.6 is 24.8 Å². The molecule has 1 atom stereocenters. The Labute approximate surface area is 155 Å². The molecule has 134 valence electrons. The number of rotatable bonds is 7. The van der Waals surface area contributed by atoms with Crippen LogP contribution in [-0.2, 0) is 10.0 Å². The number of nitrogens with one attached hydrogen (secondary N) is 2. The second kappa shape index (κ2) is 8.97. The van der Waals surface area contributed by atoms with Gasteiger partial charge in [-0.25, -0.2) is 13.1 Å². The maximum Gasteiger partial charge on any atom is 0.240 e. The summed E-state index contributed by atoms with van der Waals surface area (Å²) < 4.78 is 27.6. The molecule has 0 radical (unpaired) electrons. The van der Waals surface area contributed by atoms with Crippen LogP contribution in [0.4, 0.5) is 0 Å². The van der Waals surface area contributed by atoms with Crippen molar-refractivity contribution in [2.24, 2.45) is 5.92 Å². The molecule has 3 rings (SSSR count). The van der Waals surface area contributed by atoms with Crippen LogP contribution in [0.3, 0.4) is 0 Å². The van der Waals surface area contributed by atoms with E-state index < -0.39 is 10.0 Å². The molecular formula is C16H23Cl2N3O2S. The van der Waals surface area contributed by atoms with Crippen LogP contribution in [0.2, 0.25) is 0 Å². The molecule has 1 saturated carbocycles. The zero-order chi connectivity index (χ0) is 15.6. The second-order valence-corrected chi connectivity index (χ2v) is 7.72. The SMILES string of the molecule is C[C@H](CNCC1CC1)NS(=O)(=O)c1ccc2cnccc2c1.Cl.Cl. The predicted molar refractivity (Wildman–Crippen MR) is 102 cm³/mol. The van der Waals surface area contributed by atoms with Gasteiger partial charge in [-0.2, -0.15) is 0 Å². The number of hydrogen-bond donors (Lipinski definition) is 2. The molecule has 0 saturated heterocycles. The fourth-order valence-electron chi connectivity index (χ4n) is 2.43. The first kappa shape index (κ1) is 21.1. The van der Waals surface area contributed by atoms with E-state index in [1.165, 1.54) is 12.8 Å². The molecular weight excluding hydrogens is 369 g/mol. The van der Waals surface area contributed by atoms with E-state index in [1.807, 2.05) is 13.0 Å². The normalized spacial score (nSPS) is 15.4. The van der Waals surface area contributed by atoms with E-state index in [1.54, 1.807) is 30.6 Å². The van der Waals surface area contributed by atoms with Crippen LogP contribution in [0.1, 0.15) is 19.8 Å². The van der Waals surface area contributed by atoms with E-state index in [4.69, 9.17) is 0 Å². The molecule has 2 N–H and O–H groups in total. The first-order valence-corrected chi connectivity index (χ1v) is 9.10. The topological polar surface area (TPSA) is 71.1 Å². The van der Waals surface area contributed by atoms with Crippen LogP contribution in [0, 0.1) is 5.92 Å². The molecule has 0 bridgehead atoms. The summed E-state index contributed by atoms with van der Waals surface area (Å²) in [5, 5.41) is 5.12. The maximum absolute atomic E-state index is 12.4. The molecule has 1 aromatic heterocycles. The van der Waals surface area contributed by atoms with E-state index in [0.29, 0.717) is 11.4 Å². The van der Waals surface area contributed by atoms with Crippen molar-refractivity contribution in [3.63, 3.8) is 0 Å². The molecule has 1 fully saturated rings. The van der Waals surface area contributed by atoms with Gasteiger partial charge < -0.3 is 5.32 Å². The van der Waals surface area contributed by atoms with Crippen molar-refractivity contribution in [2.75, 3.05) is 13.1 Å². The number of nitrogens with zero attached hydrogens (tertiary/aromatic N) is 1. The van der Waals surface area contributed by atoms with E-state index >= 15 is 0 Å². The molecule has 1 aliphatic rings. The molecule has 0 spiro atoms. The highest BCUT2D eigenvalue weighted by Crippen LogP contribution is 2.27. The van der Waals surface area contributed by atoms with E-state index in [2.05, 4.69) is 15.0 Å². The smallest absolute Gasteiger partial charge is 0.240 e. The third-order valence-corrected chi connectivity index (χ3v) is 5.45. The van der Waals surface area contributed by atoms with Crippen LogP contribution in [0.5, 0.6) is 0 Å². The molecule has 0 aliphatic heterocycles. The van der Waals surface area contributed by atoms with Crippen molar-refractivity contribution in [1.29, 1.82) is 0 Å². The van der Waals surface area contributed by atoms with Crippen molar-refractivity contribution in [3.8, 4) is 0 Å². The van der Waals surface area contributed by atoms with E-state index in [-0.39, 0.29) is 30.9 Å². The number of aromatic nitrogens is 1. The standard InChI is InChI=1S/C16H21N3O2S.2ClH/c1-12(9-18-10-13-2-3-13)19-22(20,21)16-5-4-15-11-17-7-6-14(15)8-16;;/h4-8,11-13,18-19H,2-3,9-10H2,1H3;2*1H/t12-;;/m1../s1. The third kappa shape index (κ3) is 5.57. The molecule has 1 aromatic carbocycles. The molecule has 1 aliphatic carbocycles. The van der Waals surface area contributed by atoms with Gasteiger partial charge in [-0.3, -0.25) is 4.98 Å². The summed E-state index contributed by atoms with van der Waals surface area (Å²) in [4.78, 5) is 4.32. The fourth-order valence-corrected chi connectivity index (χ4v) is 3.71. The molecule has 24 heavy (non-hydrogen) atoms. The van der Waals surface area contributed by atoms with Gasteiger partial charge >= 0.3 is 0 Å². The quantitative estimate of drug-likeness (QED) is 0.760. The predicted octanol–water partition coefficient (Wildman–Crippen LogP) is 2.74. The van der Waals surface area contributed by atoms with Gasteiger partial charge in [0.1, 0.15) is 0 Å². The van der Waals surface area contributed by atoms with Gasteiger partial charge in [-0.15, -0.1) is 24.8 Å². The van der Waals surface area contributed by atoms with Gasteiger partial charge in [0.05, 0.1) is 4.90 Å². The Morgan fingerprint density at radius 1 is 1.21 bits per heavy atom. The van der Waals surface area contributed by atoms with Gasteiger partial charge in [0.15, 0.2) is 0 Å². The van der Waals surface area contributed by atoms with Crippen LogP contribution < -0.4 is 10.0 Å². The molecule has 0 amide bonds. The number of fused-ring (bicyclic) bond motifs is 1. The Hall–Kier alpha value is -0.920. The maximum atomic E-state index is 12.4. The Kier molecular flexibility index (Phi) is 7.89. The minimum absolute atomic E-state index is 0. The lowest BCUT2D eigenvalue weighted by atomic mass is 10.2. The summed E-state index contributed by atoms with van der Waals surface area (Å²) in [6, 6.07) is 6.76. The number of benzene rings is 1. The van der Waals surface area contributed by atoms with Crippen molar-refractivity contribution >= 4 is 45.6 Å². The van der Waals surface area contributed by atoms with Gasteiger partial charge in [-0.05, 0) is 55.8 Å². The lowest BCUT2D eigenvalue weighted by molar-refractivity contribution is 0.529. The third-order valence-electron chi connectivity index (χ3n) is 3.86. The summed E-state index contributed by atoms with van der Waals surface area (Å²) in [5.41, 5.74) is 0. The summed E-state index contributed by atoms with van der Waals surface area (Å²) in [6.45, 7) is 3.50. The van der Waals surface area contributed by atoms with Gasteiger partial charge in [-0.1, -0.05) is 6.07 Å². The van der Waals surface area contributed by atoms with Crippen LogP contribution in [0.25, 0.3) is 10.8 Å². The molecule has 2 aromatic rings. The summed E-state index contributed by atoms with van der Waals surface area (Å²) in [5.74, 6) is 0.790. The molecule has 0 unspecified atom stereocenters. The first-order chi connectivity index (χ1) is 10.5. The highest BCUT2D eigenvalue weighted by molar-refractivity contribution is 7.89. The summed E-state index contributed by atoms with van der Waals surface area (Å²) in [6.07, 6.45) is 5.97. The number of hydrogen-bond acceptors (Lipinski definition) is 4. The van der Waals surface area contributed by atoms with Gasteiger partial charge in [0.25, 0.3) is 0 Å². The monoisotopic (exact) mass is 391 g/mol. The second-order valence-electron chi connectivity index (χ2n) is 6.01. The molecule has 8 heteroatoms. The zero-order valence-corrected chi connectivity index (χ0v) is 15.9. The number of halogens is 2. The Bertz CT molecular complexity index is 767. The highest BCUT2D eigenvalue weighted by atomic mass is 35.5. The Morgan fingerprint density at radius 2 is 1.96 bits per heavy atom. The largest absolute Gasteiger partial charge is 0.315 e. The summed E-state index contributed by atoms with van der Waals surface area (Å²) >= 11 is 0. The van der Waals surface area contributed by atoms with Gasteiger partial charge in [0, 0.05) is 30.4 Å². The average Bonchev–Trinajstić information content (AvgIpc) is 3.30. The summed E-state index contributed by atoms with van der Waals surface area (Å²) in [7, 11) is -3.50. The molecule has 1 heterocycles. The Morgan fingerprint density at radius 3 is 2.67 bits per heavy atom. The number of sulfonamides is 1. The van der Waals surface area contributed by atoms with E-state index in [9.17, 15) is 8.42 Å². The van der Waals surface area contributed by atoms with Crippen molar-refractivity contribution in [3.05, 3.63) is 36.7 Å². The lowest BCUT2D eigenvalue weighted by Gasteiger charge is -2.15. The van der Waals surface area contributed by atoms with E-state index in [0.717, 1.165) is 23.2 Å². The van der Waals surface area contributed by atoms with Gasteiger partial charge in [0.2, 0.25) is 10.0 Å². The minimum Gasteiger partial charge on any atom is -0.315 e. The first-order valence-electron chi connectivity index (χ1n) is 7.61. The lowest BCUT2D eigenvalue weighted by Crippen LogP contribution is -2.40. The zero-order valence-electron chi connectivity index (χ0n) is 13.4. The number of pyridine rings is 1. The average molecular weight is 392 g/mol. The van der Waals surface area contributed by atoms with Crippen LogP contribution in [-0.4, -0.2) is 32.5 Å². The van der Waals surface area contributed by atoms with Crippen molar-refractivity contribution in [2.45, 2.75) is 30.7 Å². The minimum atomic E-state index is -3.50. The van der Waals surface area contributed by atoms with Crippen LogP contribution in [0.15, 0.2) is 41.6 Å². The van der Waals surface area contributed by atoms with Crippen molar-refractivity contribution < 1.29 is 8.42 Å². The Balaban J connectivity index is 0.00000144. The molecule has 5 nitrogen and oxygen atoms in total. The fraction of sp³-hybridized carbons (Fsp3) is 0.438.